The van der Waals surface area contributed by atoms with Crippen LogP contribution in [0, 0.1) is 6.07 Å². The molecule has 1 nitrogen and oxygen atoms in total. The summed E-state index contributed by atoms with van der Waals surface area (Å²) in [7, 11) is 0. The third kappa shape index (κ3) is 1.27. The Morgan fingerprint density at radius 2 is 2.57 bits per heavy atom. The van der Waals surface area contributed by atoms with E-state index in [0.29, 0.717) is 0 Å². The number of nitrogens with zero attached hydrogens (tertiary/aromatic N) is 1. The largest absolute Gasteiger partial charge is 0.249 e. The molecule has 35 valence electrons. The van der Waals surface area contributed by atoms with Crippen LogP contribution in [0.15, 0.2) is 22.9 Å². The Labute approximate surface area is 50.5 Å². The summed E-state index contributed by atoms with van der Waals surface area (Å²) >= 11 is 3.17. The van der Waals surface area contributed by atoms with Gasteiger partial charge in [-0.1, -0.05) is 0 Å². The van der Waals surface area contributed by atoms with E-state index in [0.717, 1.165) is 4.60 Å². The van der Waals surface area contributed by atoms with Crippen molar-refractivity contribution in [2.45, 2.75) is 0 Å². The first-order valence-electron chi connectivity index (χ1n) is 1.87. The van der Waals surface area contributed by atoms with E-state index in [1.165, 1.54) is 0 Å². The van der Waals surface area contributed by atoms with Crippen LogP contribution < -0.4 is 0 Å². The summed E-state index contributed by atoms with van der Waals surface area (Å²) in [6, 6.07) is 6.37. The van der Waals surface area contributed by atoms with E-state index < -0.39 is 0 Å². The maximum Gasteiger partial charge on any atom is 0.106 e. The molecule has 0 N–H and O–H groups in total. The maximum absolute atomic E-state index is 3.86. The molecule has 2 heteroatoms. The van der Waals surface area contributed by atoms with Gasteiger partial charge in [-0.2, -0.15) is 0 Å². The molecule has 1 radical (unpaired) electrons. The second-order valence-electron chi connectivity index (χ2n) is 1.08. The topological polar surface area (TPSA) is 12.9 Å². The van der Waals surface area contributed by atoms with E-state index in [1.54, 1.807) is 18.3 Å². The molecular formula is C5H3BrN. The number of rotatable bonds is 0. The molecule has 0 aliphatic carbocycles. The fraction of sp³-hybridized carbons (Fsp3) is 0. The lowest BCUT2D eigenvalue weighted by molar-refractivity contribution is 1.27. The number of hydrogen-bond donors (Lipinski definition) is 0. The van der Waals surface area contributed by atoms with E-state index in [-0.39, 0.29) is 0 Å². The summed E-state index contributed by atoms with van der Waals surface area (Å²) in [6.07, 6.45) is 1.68. The van der Waals surface area contributed by atoms with Gasteiger partial charge in [-0.15, -0.1) is 0 Å². The highest BCUT2D eigenvalue weighted by molar-refractivity contribution is 9.10. The Balaban J connectivity index is 3.02. The predicted octanol–water partition coefficient (Wildman–Crippen LogP) is 1.64. The molecule has 0 atom stereocenters. The second-order valence-corrected chi connectivity index (χ2v) is 1.89. The van der Waals surface area contributed by atoms with Crippen molar-refractivity contribution in [1.82, 2.24) is 4.98 Å². The minimum Gasteiger partial charge on any atom is -0.249 e. The van der Waals surface area contributed by atoms with Gasteiger partial charge in [0.1, 0.15) is 4.60 Å². The molecule has 1 aromatic rings. The third-order valence-corrected chi connectivity index (χ3v) is 1.00. The summed E-state index contributed by atoms with van der Waals surface area (Å²) in [4.78, 5) is 3.86. The van der Waals surface area contributed by atoms with Gasteiger partial charge in [0.15, 0.2) is 0 Å². The van der Waals surface area contributed by atoms with E-state index in [1.807, 2.05) is 0 Å². The van der Waals surface area contributed by atoms with Crippen molar-refractivity contribution < 1.29 is 0 Å². The van der Waals surface area contributed by atoms with Crippen molar-refractivity contribution in [3.63, 3.8) is 0 Å². The SMILES string of the molecule is Brc1c[c]ccn1. The maximum atomic E-state index is 3.86. The van der Waals surface area contributed by atoms with Crippen LogP contribution in [0.2, 0.25) is 0 Å². The van der Waals surface area contributed by atoms with Gasteiger partial charge in [0, 0.05) is 6.20 Å². The summed E-state index contributed by atoms with van der Waals surface area (Å²) in [5, 5.41) is 0. The van der Waals surface area contributed by atoms with Crippen LogP contribution in [0.25, 0.3) is 0 Å². The number of pyridine rings is 1. The quantitative estimate of drug-likeness (QED) is 0.521. The molecule has 0 bridgehead atoms. The standard InChI is InChI=1S/C5H3BrN/c6-5-3-1-2-4-7-5/h2-4H. The molecule has 0 spiro atoms. The van der Waals surface area contributed by atoms with Crippen molar-refractivity contribution >= 4 is 15.9 Å². The van der Waals surface area contributed by atoms with Gasteiger partial charge in [-0.3, -0.25) is 0 Å². The smallest absolute Gasteiger partial charge is 0.106 e. The van der Waals surface area contributed by atoms with Gasteiger partial charge < -0.3 is 0 Å². The average molecular weight is 157 g/mol. The zero-order valence-corrected chi connectivity index (χ0v) is 5.14. The second kappa shape index (κ2) is 2.07. The van der Waals surface area contributed by atoms with Crippen LogP contribution in [0.4, 0.5) is 0 Å². The molecule has 1 rings (SSSR count). The molecule has 0 aromatic carbocycles. The lowest BCUT2D eigenvalue weighted by Gasteiger charge is -1.79. The van der Waals surface area contributed by atoms with Gasteiger partial charge in [0.2, 0.25) is 0 Å². The molecule has 1 aromatic heterocycles. The first-order chi connectivity index (χ1) is 3.39. The molecule has 0 amide bonds. The minimum absolute atomic E-state index is 0.829. The average Bonchev–Trinajstić information content (AvgIpc) is 1.69. The molecular weight excluding hydrogens is 154 g/mol. The van der Waals surface area contributed by atoms with Crippen LogP contribution in [0.1, 0.15) is 0 Å². The van der Waals surface area contributed by atoms with Gasteiger partial charge in [-0.25, -0.2) is 4.98 Å². The van der Waals surface area contributed by atoms with Crippen molar-refractivity contribution in [2.75, 3.05) is 0 Å². The van der Waals surface area contributed by atoms with E-state index in [9.17, 15) is 0 Å². The highest BCUT2D eigenvalue weighted by Crippen LogP contribution is 1.99. The highest BCUT2D eigenvalue weighted by Gasteiger charge is 1.76. The van der Waals surface area contributed by atoms with Crippen molar-refractivity contribution in [3.8, 4) is 0 Å². The lowest BCUT2D eigenvalue weighted by atomic mass is 10.5. The number of aromatic nitrogens is 1. The van der Waals surface area contributed by atoms with Crippen molar-refractivity contribution in [1.29, 1.82) is 0 Å². The zero-order valence-electron chi connectivity index (χ0n) is 3.56. The van der Waals surface area contributed by atoms with Crippen molar-refractivity contribution in [3.05, 3.63) is 29.0 Å². The molecule has 0 saturated carbocycles. The normalized spacial score (nSPS) is 8.71. The van der Waals surface area contributed by atoms with Gasteiger partial charge in [0.25, 0.3) is 0 Å². The molecule has 0 saturated heterocycles. The van der Waals surface area contributed by atoms with E-state index in [2.05, 4.69) is 27.0 Å². The van der Waals surface area contributed by atoms with Crippen LogP contribution in [-0.2, 0) is 0 Å². The fourth-order valence-electron chi connectivity index (χ4n) is 0.306. The monoisotopic (exact) mass is 156 g/mol. The molecule has 0 aliphatic heterocycles. The molecule has 7 heavy (non-hydrogen) atoms. The highest BCUT2D eigenvalue weighted by atomic mass is 79.9. The van der Waals surface area contributed by atoms with Crippen LogP contribution in [0.3, 0.4) is 0 Å². The first-order valence-corrected chi connectivity index (χ1v) is 2.66. The van der Waals surface area contributed by atoms with Crippen LogP contribution >= 0.6 is 15.9 Å². The molecule has 0 fully saturated rings. The lowest BCUT2D eigenvalue weighted by Crippen LogP contribution is -1.67. The zero-order chi connectivity index (χ0) is 5.11. The number of hydrogen-bond acceptors (Lipinski definition) is 1. The van der Waals surface area contributed by atoms with E-state index >= 15 is 0 Å². The first kappa shape index (κ1) is 4.78. The summed E-state index contributed by atoms with van der Waals surface area (Å²) < 4.78 is 0.829. The Morgan fingerprint density at radius 1 is 1.71 bits per heavy atom. The Morgan fingerprint density at radius 3 is 2.86 bits per heavy atom. The van der Waals surface area contributed by atoms with E-state index in [4.69, 9.17) is 0 Å². The Hall–Kier alpha value is -0.370. The van der Waals surface area contributed by atoms with Crippen LogP contribution in [0.5, 0.6) is 0 Å². The van der Waals surface area contributed by atoms with Crippen molar-refractivity contribution in [2.24, 2.45) is 0 Å². The number of halogens is 1. The van der Waals surface area contributed by atoms with Gasteiger partial charge >= 0.3 is 0 Å². The molecule has 1 heterocycles. The summed E-state index contributed by atoms with van der Waals surface area (Å²) in [5.41, 5.74) is 0. The Bertz CT molecular complexity index is 138. The molecule has 0 aliphatic rings. The van der Waals surface area contributed by atoms with Gasteiger partial charge in [-0.05, 0) is 34.1 Å². The summed E-state index contributed by atoms with van der Waals surface area (Å²) in [5.74, 6) is 0. The predicted molar refractivity (Wildman–Crippen MR) is 30.8 cm³/mol. The van der Waals surface area contributed by atoms with Gasteiger partial charge in [0.05, 0.1) is 0 Å². The molecule has 0 unspecified atom stereocenters. The summed E-state index contributed by atoms with van der Waals surface area (Å²) in [6.45, 7) is 0. The fourth-order valence-corrected chi connectivity index (χ4v) is 0.556. The third-order valence-electron chi connectivity index (χ3n) is 0.571. The minimum atomic E-state index is 0.829. The van der Waals surface area contributed by atoms with Crippen LogP contribution in [-0.4, -0.2) is 4.98 Å². The Kier molecular flexibility index (Phi) is 1.42.